The number of nitro benzene ring substituents is 1. The van der Waals surface area contributed by atoms with Crippen LogP contribution in [0.3, 0.4) is 0 Å². The van der Waals surface area contributed by atoms with Crippen LogP contribution in [-0.4, -0.2) is 96.3 Å². The summed E-state index contributed by atoms with van der Waals surface area (Å²) in [5.41, 5.74) is 17.5. The van der Waals surface area contributed by atoms with Crippen molar-refractivity contribution in [2.24, 2.45) is 29.0 Å². The normalized spacial score (nSPS) is 23.1. The average Bonchev–Trinajstić information content (AvgIpc) is 3.15. The Balaban J connectivity index is 2.71. The summed E-state index contributed by atoms with van der Waals surface area (Å²) >= 11 is 0. The number of unbranched alkanes of at least 4 members (excludes halogenated alkanes) is 3. The van der Waals surface area contributed by atoms with Gasteiger partial charge in [0.05, 0.1) is 4.92 Å². The lowest BCUT2D eigenvalue weighted by molar-refractivity contribution is -0.384. The van der Waals surface area contributed by atoms with Gasteiger partial charge in [-0.15, -0.1) is 0 Å². The average molecular weight is 803 g/mol. The van der Waals surface area contributed by atoms with Crippen molar-refractivity contribution in [2.45, 2.75) is 141 Å². The van der Waals surface area contributed by atoms with Gasteiger partial charge in [0, 0.05) is 18.6 Å². The zero-order valence-electron chi connectivity index (χ0n) is 34.0. The summed E-state index contributed by atoms with van der Waals surface area (Å²) in [4.78, 5) is 94.9. The van der Waals surface area contributed by atoms with Gasteiger partial charge >= 0.3 is 0 Å². The van der Waals surface area contributed by atoms with E-state index in [0.717, 1.165) is 0 Å². The number of rotatable bonds is 19. The number of amides is 6. The van der Waals surface area contributed by atoms with E-state index in [2.05, 4.69) is 31.9 Å². The number of nitrogens with zero attached hydrogens (tertiary/aromatic N) is 1. The van der Waals surface area contributed by atoms with E-state index in [9.17, 15) is 38.9 Å². The summed E-state index contributed by atoms with van der Waals surface area (Å²) < 4.78 is 0. The van der Waals surface area contributed by atoms with E-state index in [1.165, 1.54) is 24.3 Å². The fourth-order valence-electron chi connectivity index (χ4n) is 6.52. The predicted molar refractivity (Wildman–Crippen MR) is 216 cm³/mol. The van der Waals surface area contributed by atoms with Crippen LogP contribution in [-0.2, 0) is 35.2 Å². The lowest BCUT2D eigenvalue weighted by Gasteiger charge is -2.30. The highest BCUT2D eigenvalue weighted by atomic mass is 16.6. The molecule has 320 valence electrons. The fourth-order valence-corrected chi connectivity index (χ4v) is 6.52. The van der Waals surface area contributed by atoms with Gasteiger partial charge in [-0.3, -0.25) is 38.9 Å². The summed E-state index contributed by atoms with van der Waals surface area (Å²) in [6.07, 6.45) is 3.88. The minimum atomic E-state index is -1.30. The van der Waals surface area contributed by atoms with Gasteiger partial charge in [-0.05, 0) is 108 Å². The molecule has 1 fully saturated rings. The Morgan fingerprint density at radius 2 is 0.807 bits per heavy atom. The number of benzene rings is 1. The molecule has 2 rings (SSSR count). The molecule has 57 heavy (non-hydrogen) atoms. The molecule has 0 spiro atoms. The van der Waals surface area contributed by atoms with Gasteiger partial charge in [-0.25, -0.2) is 0 Å². The third-order valence-electron chi connectivity index (χ3n) is 9.64. The molecule has 18 heteroatoms. The second-order valence-corrected chi connectivity index (χ2v) is 15.6. The number of nitrogens with one attached hydrogen (secondary N) is 6. The molecule has 0 unspecified atom stereocenters. The Morgan fingerprint density at radius 1 is 0.509 bits per heavy atom. The lowest BCUT2D eigenvalue weighted by Crippen LogP contribution is -2.61. The van der Waals surface area contributed by atoms with Crippen LogP contribution in [0.4, 0.5) is 5.69 Å². The van der Waals surface area contributed by atoms with Crippen molar-refractivity contribution in [1.29, 1.82) is 0 Å². The first-order valence-electron chi connectivity index (χ1n) is 20.3. The molecule has 6 amide bonds. The van der Waals surface area contributed by atoms with Gasteiger partial charge < -0.3 is 49.1 Å². The highest BCUT2D eigenvalue weighted by Crippen LogP contribution is 2.16. The Labute approximate surface area is 335 Å². The molecule has 1 aromatic rings. The zero-order valence-corrected chi connectivity index (χ0v) is 34.0. The summed E-state index contributed by atoms with van der Waals surface area (Å²) in [5.74, 6) is -4.01. The minimum Gasteiger partial charge on any atom is -0.343 e. The number of hydrogen-bond donors (Lipinski definition) is 9. The van der Waals surface area contributed by atoms with Gasteiger partial charge in [0.25, 0.3) is 5.69 Å². The topological polar surface area (TPSA) is 296 Å². The maximum Gasteiger partial charge on any atom is 0.269 e. The van der Waals surface area contributed by atoms with Crippen LogP contribution in [0.5, 0.6) is 0 Å². The second-order valence-electron chi connectivity index (χ2n) is 15.6. The summed E-state index contributed by atoms with van der Waals surface area (Å²) in [5, 5.41) is 28.0. The number of carbonyl (C=O) groups excluding carboxylic acids is 6. The first-order valence-corrected chi connectivity index (χ1v) is 20.3. The van der Waals surface area contributed by atoms with E-state index < -0.39 is 76.6 Å². The van der Waals surface area contributed by atoms with Crippen LogP contribution < -0.4 is 49.1 Å². The molecule has 0 aliphatic carbocycles. The number of carbonyl (C=O) groups is 6. The van der Waals surface area contributed by atoms with E-state index in [0.29, 0.717) is 63.7 Å². The van der Waals surface area contributed by atoms with E-state index in [4.69, 9.17) is 17.2 Å². The fraction of sp³-hybridized carbons (Fsp3) is 0.692. The van der Waals surface area contributed by atoms with Crippen molar-refractivity contribution in [3.63, 3.8) is 0 Å². The molecule has 0 aromatic heterocycles. The van der Waals surface area contributed by atoms with Gasteiger partial charge in [0.15, 0.2) is 0 Å². The zero-order chi connectivity index (χ0) is 42.5. The second kappa shape index (κ2) is 25.5. The number of nitro groups is 1. The molecule has 0 radical (unpaired) electrons. The maximum atomic E-state index is 14.2. The highest BCUT2D eigenvalue weighted by Gasteiger charge is 2.35. The Hall–Kier alpha value is -4.68. The van der Waals surface area contributed by atoms with Crippen LogP contribution in [0.15, 0.2) is 24.3 Å². The molecule has 12 N–H and O–H groups in total. The molecular formula is C39H66N10O8. The number of non-ortho nitro benzene ring substituents is 1. The van der Waals surface area contributed by atoms with Crippen molar-refractivity contribution in [3.05, 3.63) is 39.9 Å². The van der Waals surface area contributed by atoms with Crippen LogP contribution >= 0.6 is 0 Å². The molecule has 6 atom stereocenters. The van der Waals surface area contributed by atoms with E-state index >= 15 is 0 Å². The van der Waals surface area contributed by atoms with Crippen molar-refractivity contribution in [1.82, 2.24) is 31.9 Å². The molecule has 1 aromatic carbocycles. The third kappa shape index (κ3) is 17.6. The summed E-state index contributed by atoms with van der Waals surface area (Å²) in [6.45, 7) is 8.54. The highest BCUT2D eigenvalue weighted by molar-refractivity contribution is 5.98. The van der Waals surface area contributed by atoms with E-state index in [1.807, 2.05) is 27.7 Å². The minimum absolute atomic E-state index is 0.0630. The number of nitrogens with two attached hydrogens (primary N) is 3. The summed E-state index contributed by atoms with van der Waals surface area (Å²) in [6, 6.07) is -1.36. The molecule has 0 bridgehead atoms. The lowest BCUT2D eigenvalue weighted by atomic mass is 9.99. The van der Waals surface area contributed by atoms with Gasteiger partial charge in [-0.2, -0.15) is 0 Å². The first kappa shape index (κ1) is 48.5. The SMILES string of the molecule is CC(C)C[C@@H]1NC(=O)[C@H](CCCCN)NC(=O)[C@H](CC(C)C)NC(=O)[C@H](CCCCN)NC(=O)[C@H](Cc2ccc([N+](=O)[O-])cc2)NC(=O)[C@H](CCCCN)NC1=O. The maximum absolute atomic E-state index is 14.2. The van der Waals surface area contributed by atoms with Crippen LogP contribution in [0, 0.1) is 22.0 Å². The molecule has 1 aliphatic rings. The van der Waals surface area contributed by atoms with Gasteiger partial charge in [-0.1, -0.05) is 39.8 Å². The quantitative estimate of drug-likeness (QED) is 0.0528. The van der Waals surface area contributed by atoms with Crippen LogP contribution in [0.1, 0.15) is 104 Å². The van der Waals surface area contributed by atoms with Crippen LogP contribution in [0.25, 0.3) is 0 Å². The van der Waals surface area contributed by atoms with Gasteiger partial charge in [0.2, 0.25) is 35.4 Å². The monoisotopic (exact) mass is 803 g/mol. The standard InChI is InChI=1S/C39H66N10O8/c1-24(2)21-31-37(53)43-28(11-5-8-18-40)34(50)46-32(22-25(3)4)38(54)44-30(13-7-10-20-42)36(52)48-33(23-26-14-16-27(17-15-26)49(56)57)39(55)45-29(35(51)47-31)12-6-9-19-41/h14-17,24-25,28-33H,5-13,18-23,40-42H2,1-4H3,(H,43,53)(H,44,54)(H,45,55)(H,46,50)(H,47,51)(H,48,52)/t28-,29-,30-,31-,32-,33-/m0/s1. The molecule has 18 nitrogen and oxygen atoms in total. The molecule has 0 saturated carbocycles. The van der Waals surface area contributed by atoms with E-state index in [-0.39, 0.29) is 56.0 Å². The number of hydrogen-bond acceptors (Lipinski definition) is 11. The molecule has 1 heterocycles. The smallest absolute Gasteiger partial charge is 0.269 e. The van der Waals surface area contributed by atoms with Crippen molar-refractivity contribution < 1.29 is 33.7 Å². The Morgan fingerprint density at radius 3 is 1.12 bits per heavy atom. The largest absolute Gasteiger partial charge is 0.343 e. The third-order valence-corrected chi connectivity index (χ3v) is 9.64. The molecule has 1 aliphatic heterocycles. The van der Waals surface area contributed by atoms with Gasteiger partial charge in [0.1, 0.15) is 36.3 Å². The van der Waals surface area contributed by atoms with E-state index in [1.54, 1.807) is 0 Å². The van der Waals surface area contributed by atoms with Crippen molar-refractivity contribution >= 4 is 41.1 Å². The summed E-state index contributed by atoms with van der Waals surface area (Å²) in [7, 11) is 0. The first-order chi connectivity index (χ1) is 27.1. The molecular weight excluding hydrogens is 736 g/mol. The van der Waals surface area contributed by atoms with Crippen molar-refractivity contribution in [2.75, 3.05) is 19.6 Å². The van der Waals surface area contributed by atoms with Crippen molar-refractivity contribution in [3.8, 4) is 0 Å². The Bertz CT molecular complexity index is 1460. The Kier molecular flexibility index (Phi) is 21.7. The predicted octanol–water partition coefficient (Wildman–Crippen LogP) is 0.539. The van der Waals surface area contributed by atoms with Crippen LogP contribution in [0.2, 0.25) is 0 Å². The molecule has 1 saturated heterocycles.